The van der Waals surface area contributed by atoms with Gasteiger partial charge in [0.15, 0.2) is 0 Å². The molecule has 2 aromatic carbocycles. The molecule has 2 amide bonds. The number of likely N-dealkylation sites (tertiary alicyclic amines) is 1. The monoisotopic (exact) mass is 399 g/mol. The number of piperidine rings is 1. The number of carboxylic acids is 1. The Morgan fingerprint density at radius 3 is 2.28 bits per heavy atom. The Morgan fingerprint density at radius 1 is 1.10 bits per heavy atom. The second kappa shape index (κ2) is 9.05. The summed E-state index contributed by atoms with van der Waals surface area (Å²) in [6.45, 7) is 1.40. The van der Waals surface area contributed by atoms with Gasteiger partial charge in [0.25, 0.3) is 5.69 Å². The highest BCUT2D eigenvalue weighted by molar-refractivity contribution is 5.87. The van der Waals surface area contributed by atoms with E-state index in [2.05, 4.69) is 5.32 Å². The van der Waals surface area contributed by atoms with Gasteiger partial charge in [0.2, 0.25) is 0 Å². The lowest BCUT2D eigenvalue weighted by molar-refractivity contribution is -0.384. The molecule has 152 valence electrons. The molecule has 0 spiro atoms. The highest BCUT2D eigenvalue weighted by atomic mass is 16.6. The van der Waals surface area contributed by atoms with E-state index in [4.69, 9.17) is 9.84 Å². The van der Waals surface area contributed by atoms with Crippen molar-refractivity contribution in [2.24, 2.45) is 0 Å². The number of non-ortho nitro benzene ring substituents is 1. The van der Waals surface area contributed by atoms with E-state index in [1.54, 1.807) is 29.2 Å². The summed E-state index contributed by atoms with van der Waals surface area (Å²) in [6, 6.07) is 12.1. The molecule has 0 saturated carbocycles. The van der Waals surface area contributed by atoms with Gasteiger partial charge in [-0.25, -0.2) is 9.59 Å². The van der Waals surface area contributed by atoms with E-state index < -0.39 is 10.9 Å². The molecule has 1 aliphatic rings. The van der Waals surface area contributed by atoms with E-state index in [-0.39, 0.29) is 23.4 Å². The van der Waals surface area contributed by atoms with E-state index >= 15 is 0 Å². The highest BCUT2D eigenvalue weighted by Gasteiger charge is 2.24. The van der Waals surface area contributed by atoms with Gasteiger partial charge in [0.1, 0.15) is 11.9 Å². The predicted molar refractivity (Wildman–Crippen MR) is 104 cm³/mol. The van der Waals surface area contributed by atoms with Crippen LogP contribution < -0.4 is 10.1 Å². The van der Waals surface area contributed by atoms with Gasteiger partial charge in [-0.2, -0.15) is 0 Å². The first-order valence-corrected chi connectivity index (χ1v) is 9.18. The molecule has 2 aromatic rings. The summed E-state index contributed by atoms with van der Waals surface area (Å²) < 4.78 is 5.85. The Bertz CT molecular complexity index is 874. The van der Waals surface area contributed by atoms with Crippen LogP contribution in [0.2, 0.25) is 0 Å². The standard InChI is InChI=1S/C20H21N3O6/c24-19(25)15-3-1-14(2-4-15)13-21-20(26)22-11-9-18(10-12-22)29-17-7-5-16(6-8-17)23(27)28/h1-8,18H,9-13H2,(H,21,26)(H,24,25). The molecule has 1 heterocycles. The van der Waals surface area contributed by atoms with Crippen molar-refractivity contribution in [2.75, 3.05) is 13.1 Å². The number of carbonyl (C=O) groups is 2. The Morgan fingerprint density at radius 2 is 1.72 bits per heavy atom. The summed E-state index contributed by atoms with van der Waals surface area (Å²) in [5.74, 6) is -0.414. The van der Waals surface area contributed by atoms with Gasteiger partial charge in [-0.3, -0.25) is 10.1 Å². The van der Waals surface area contributed by atoms with Gasteiger partial charge in [-0.1, -0.05) is 12.1 Å². The number of carbonyl (C=O) groups excluding carboxylic acids is 1. The molecule has 0 radical (unpaired) electrons. The average Bonchev–Trinajstić information content (AvgIpc) is 2.73. The van der Waals surface area contributed by atoms with Crippen LogP contribution in [0.5, 0.6) is 5.75 Å². The van der Waals surface area contributed by atoms with Crippen LogP contribution in [0.25, 0.3) is 0 Å². The van der Waals surface area contributed by atoms with E-state index in [0.29, 0.717) is 38.2 Å². The molecule has 0 atom stereocenters. The summed E-state index contributed by atoms with van der Waals surface area (Å²) >= 11 is 0. The third-order valence-corrected chi connectivity index (χ3v) is 4.72. The minimum atomic E-state index is -0.987. The molecule has 0 aromatic heterocycles. The van der Waals surface area contributed by atoms with Crippen LogP contribution in [0.3, 0.4) is 0 Å². The molecule has 0 bridgehead atoms. The molecule has 1 saturated heterocycles. The molecular formula is C20H21N3O6. The van der Waals surface area contributed by atoms with Gasteiger partial charge in [0, 0.05) is 44.6 Å². The number of rotatable bonds is 6. The van der Waals surface area contributed by atoms with Gasteiger partial charge in [0.05, 0.1) is 10.5 Å². The summed E-state index contributed by atoms with van der Waals surface area (Å²) in [5, 5.41) is 22.4. The van der Waals surface area contributed by atoms with E-state index in [9.17, 15) is 19.7 Å². The predicted octanol–water partition coefficient (Wildman–Crippen LogP) is 3.05. The fraction of sp³-hybridized carbons (Fsp3) is 0.300. The maximum absolute atomic E-state index is 12.3. The fourth-order valence-corrected chi connectivity index (χ4v) is 3.07. The van der Waals surface area contributed by atoms with Crippen molar-refractivity contribution < 1.29 is 24.4 Å². The van der Waals surface area contributed by atoms with Crippen LogP contribution in [0.1, 0.15) is 28.8 Å². The Kier molecular flexibility index (Phi) is 6.28. The van der Waals surface area contributed by atoms with Crippen molar-refractivity contribution in [1.29, 1.82) is 0 Å². The van der Waals surface area contributed by atoms with Crippen molar-refractivity contribution in [3.8, 4) is 5.75 Å². The molecular weight excluding hydrogens is 378 g/mol. The number of amides is 2. The minimum Gasteiger partial charge on any atom is -0.490 e. The molecule has 29 heavy (non-hydrogen) atoms. The number of hydrogen-bond acceptors (Lipinski definition) is 5. The maximum Gasteiger partial charge on any atom is 0.335 e. The maximum atomic E-state index is 12.3. The van der Waals surface area contributed by atoms with Crippen LogP contribution in [-0.4, -0.2) is 46.1 Å². The van der Waals surface area contributed by atoms with Crippen molar-refractivity contribution in [3.63, 3.8) is 0 Å². The number of nitrogens with one attached hydrogen (secondary N) is 1. The molecule has 0 unspecified atom stereocenters. The number of aromatic carboxylic acids is 1. The second-order valence-corrected chi connectivity index (χ2v) is 6.72. The Balaban J connectivity index is 1.43. The summed E-state index contributed by atoms with van der Waals surface area (Å²) in [7, 11) is 0. The van der Waals surface area contributed by atoms with Crippen molar-refractivity contribution in [1.82, 2.24) is 10.2 Å². The number of nitro groups is 1. The largest absolute Gasteiger partial charge is 0.490 e. The molecule has 9 heteroatoms. The Labute approximate surface area is 167 Å². The molecule has 1 fully saturated rings. The highest BCUT2D eigenvalue weighted by Crippen LogP contribution is 2.22. The average molecular weight is 399 g/mol. The van der Waals surface area contributed by atoms with Crippen LogP contribution in [0.4, 0.5) is 10.5 Å². The molecule has 9 nitrogen and oxygen atoms in total. The van der Waals surface area contributed by atoms with Crippen molar-refractivity contribution in [2.45, 2.75) is 25.5 Å². The third kappa shape index (κ3) is 5.44. The second-order valence-electron chi connectivity index (χ2n) is 6.72. The number of nitrogens with zero attached hydrogens (tertiary/aromatic N) is 2. The minimum absolute atomic E-state index is 0.0152. The Hall–Kier alpha value is -3.62. The first-order valence-electron chi connectivity index (χ1n) is 9.18. The van der Waals surface area contributed by atoms with Crippen LogP contribution in [0, 0.1) is 10.1 Å². The van der Waals surface area contributed by atoms with Gasteiger partial charge < -0.3 is 20.1 Å². The number of urea groups is 1. The zero-order chi connectivity index (χ0) is 20.8. The molecule has 1 aliphatic heterocycles. The smallest absolute Gasteiger partial charge is 0.335 e. The summed E-state index contributed by atoms with van der Waals surface area (Å²) in [6.07, 6.45) is 1.28. The van der Waals surface area contributed by atoms with Crippen molar-refractivity contribution >= 4 is 17.7 Å². The fourth-order valence-electron chi connectivity index (χ4n) is 3.07. The SMILES string of the molecule is O=C(O)c1ccc(CNC(=O)N2CCC(Oc3ccc([N+](=O)[O-])cc3)CC2)cc1. The van der Waals surface area contributed by atoms with Crippen LogP contribution in [-0.2, 0) is 6.54 Å². The van der Waals surface area contributed by atoms with Gasteiger partial charge in [-0.15, -0.1) is 0 Å². The quantitative estimate of drug-likeness (QED) is 0.569. The zero-order valence-electron chi connectivity index (χ0n) is 15.6. The zero-order valence-corrected chi connectivity index (χ0v) is 15.6. The number of hydrogen-bond donors (Lipinski definition) is 2. The summed E-state index contributed by atoms with van der Waals surface area (Å²) in [5.41, 5.74) is 1.04. The molecule has 3 rings (SSSR count). The topological polar surface area (TPSA) is 122 Å². The van der Waals surface area contributed by atoms with E-state index in [1.165, 1.54) is 24.3 Å². The van der Waals surface area contributed by atoms with E-state index in [0.717, 1.165) is 5.56 Å². The number of benzene rings is 2. The summed E-state index contributed by atoms with van der Waals surface area (Å²) in [4.78, 5) is 35.1. The number of ether oxygens (including phenoxy) is 1. The van der Waals surface area contributed by atoms with Crippen LogP contribution in [0.15, 0.2) is 48.5 Å². The van der Waals surface area contributed by atoms with Gasteiger partial charge >= 0.3 is 12.0 Å². The lowest BCUT2D eigenvalue weighted by atomic mass is 10.1. The number of carboxylic acid groups (broad SMARTS) is 1. The first kappa shape index (κ1) is 20.1. The lowest BCUT2D eigenvalue weighted by Crippen LogP contribution is -2.46. The normalized spacial score (nSPS) is 14.3. The van der Waals surface area contributed by atoms with E-state index in [1.807, 2.05) is 0 Å². The lowest BCUT2D eigenvalue weighted by Gasteiger charge is -2.32. The third-order valence-electron chi connectivity index (χ3n) is 4.72. The van der Waals surface area contributed by atoms with Gasteiger partial charge in [-0.05, 0) is 29.8 Å². The molecule has 0 aliphatic carbocycles. The first-order chi connectivity index (χ1) is 13.9. The van der Waals surface area contributed by atoms with Crippen LogP contribution >= 0.6 is 0 Å². The number of nitro benzene ring substituents is 1. The van der Waals surface area contributed by atoms with Crippen molar-refractivity contribution in [3.05, 3.63) is 69.8 Å². The molecule has 2 N–H and O–H groups in total.